The van der Waals surface area contributed by atoms with Crippen molar-refractivity contribution in [1.82, 2.24) is 0 Å². The fraction of sp³-hybridized carbons (Fsp3) is 0.333. The van der Waals surface area contributed by atoms with E-state index in [1.807, 2.05) is 18.2 Å². The first-order valence-corrected chi connectivity index (χ1v) is 6.23. The summed E-state index contributed by atoms with van der Waals surface area (Å²) in [5.74, 6) is -1.19. The zero-order valence-electron chi connectivity index (χ0n) is 10.1. The summed E-state index contributed by atoms with van der Waals surface area (Å²) in [6, 6.07) is 4.93. The number of carboxylic acid groups (broad SMARTS) is 1. The first-order valence-electron chi connectivity index (χ1n) is 5.44. The molecule has 0 aromatic heterocycles. The van der Waals surface area contributed by atoms with Crippen molar-refractivity contribution in [1.29, 1.82) is 0 Å². The van der Waals surface area contributed by atoms with E-state index < -0.39 is 12.0 Å². The van der Waals surface area contributed by atoms with Gasteiger partial charge < -0.3 is 14.9 Å². The Morgan fingerprint density at radius 2 is 2.11 bits per heavy atom. The lowest BCUT2D eigenvalue weighted by molar-refractivity contribution is -0.139. The molecule has 0 bridgehead atoms. The van der Waals surface area contributed by atoms with Gasteiger partial charge in [0.15, 0.2) is 0 Å². The molecule has 1 aliphatic heterocycles. The molecular weight excluding hydrogens is 300 g/mol. The third kappa shape index (κ3) is 1.96. The van der Waals surface area contributed by atoms with E-state index in [4.69, 9.17) is 5.11 Å². The smallest absolute Gasteiger partial charge is 0.305 e. The summed E-state index contributed by atoms with van der Waals surface area (Å²) < 4.78 is 0.816. The SMILES string of the molecule is CN1C(=O)C(CC(=O)O)N(C)c2cccc(Br)c21. The molecule has 1 aromatic carbocycles. The summed E-state index contributed by atoms with van der Waals surface area (Å²) in [6.07, 6.45) is -0.203. The van der Waals surface area contributed by atoms with Gasteiger partial charge in [0, 0.05) is 18.6 Å². The number of carbonyl (C=O) groups is 2. The number of fused-ring (bicyclic) bond motifs is 1. The van der Waals surface area contributed by atoms with Crippen LogP contribution < -0.4 is 9.80 Å². The second-order valence-electron chi connectivity index (χ2n) is 4.23. The lowest BCUT2D eigenvalue weighted by atomic mass is 10.0. The predicted octanol–water partition coefficient (Wildman–Crippen LogP) is 1.70. The third-order valence-corrected chi connectivity index (χ3v) is 3.77. The molecule has 0 saturated carbocycles. The third-order valence-electron chi connectivity index (χ3n) is 3.13. The van der Waals surface area contributed by atoms with Crippen molar-refractivity contribution in [2.24, 2.45) is 0 Å². The van der Waals surface area contributed by atoms with E-state index in [-0.39, 0.29) is 12.3 Å². The van der Waals surface area contributed by atoms with Gasteiger partial charge in [-0.2, -0.15) is 0 Å². The zero-order valence-corrected chi connectivity index (χ0v) is 11.6. The highest BCUT2D eigenvalue weighted by Crippen LogP contribution is 2.40. The summed E-state index contributed by atoms with van der Waals surface area (Å²) in [5, 5.41) is 8.88. The van der Waals surface area contributed by atoms with Gasteiger partial charge in [0.25, 0.3) is 0 Å². The van der Waals surface area contributed by atoms with Crippen LogP contribution in [0.3, 0.4) is 0 Å². The molecule has 1 unspecified atom stereocenters. The van der Waals surface area contributed by atoms with Crippen molar-refractivity contribution in [2.75, 3.05) is 23.9 Å². The minimum Gasteiger partial charge on any atom is -0.481 e. The van der Waals surface area contributed by atoms with Gasteiger partial charge in [-0.15, -0.1) is 0 Å². The maximum atomic E-state index is 12.2. The number of halogens is 1. The molecule has 0 radical (unpaired) electrons. The summed E-state index contributed by atoms with van der Waals surface area (Å²) in [4.78, 5) is 26.2. The number of hydrogen-bond donors (Lipinski definition) is 1. The second kappa shape index (κ2) is 4.61. The van der Waals surface area contributed by atoms with Gasteiger partial charge in [0.1, 0.15) is 6.04 Å². The Bertz CT molecular complexity index is 518. The first kappa shape index (κ1) is 12.9. The largest absolute Gasteiger partial charge is 0.481 e. The lowest BCUT2D eigenvalue weighted by Gasteiger charge is -2.39. The molecule has 1 aromatic rings. The van der Waals surface area contributed by atoms with Crippen LogP contribution in [-0.2, 0) is 9.59 Å². The molecule has 2 rings (SSSR count). The van der Waals surface area contributed by atoms with Crippen LogP contribution in [0.4, 0.5) is 11.4 Å². The van der Waals surface area contributed by atoms with Crippen molar-refractivity contribution < 1.29 is 14.7 Å². The number of rotatable bonds is 2. The highest BCUT2D eigenvalue weighted by atomic mass is 79.9. The maximum Gasteiger partial charge on any atom is 0.305 e. The normalized spacial score (nSPS) is 18.8. The minimum absolute atomic E-state index is 0.203. The Kier molecular flexibility index (Phi) is 3.30. The highest BCUT2D eigenvalue weighted by Gasteiger charge is 2.36. The minimum atomic E-state index is -0.980. The molecule has 1 amide bonds. The van der Waals surface area contributed by atoms with E-state index in [2.05, 4.69) is 15.9 Å². The number of carbonyl (C=O) groups excluding carboxylic acids is 1. The van der Waals surface area contributed by atoms with E-state index in [0.717, 1.165) is 15.8 Å². The molecule has 1 N–H and O–H groups in total. The van der Waals surface area contributed by atoms with E-state index >= 15 is 0 Å². The number of amides is 1. The van der Waals surface area contributed by atoms with Gasteiger partial charge in [0.2, 0.25) is 5.91 Å². The van der Waals surface area contributed by atoms with E-state index in [9.17, 15) is 9.59 Å². The van der Waals surface area contributed by atoms with Crippen molar-refractivity contribution in [3.05, 3.63) is 22.7 Å². The monoisotopic (exact) mass is 312 g/mol. The van der Waals surface area contributed by atoms with Crippen molar-refractivity contribution in [2.45, 2.75) is 12.5 Å². The number of anilines is 2. The van der Waals surface area contributed by atoms with Gasteiger partial charge >= 0.3 is 5.97 Å². The van der Waals surface area contributed by atoms with Gasteiger partial charge in [-0.25, -0.2) is 0 Å². The van der Waals surface area contributed by atoms with Gasteiger partial charge in [-0.05, 0) is 28.1 Å². The maximum absolute atomic E-state index is 12.2. The van der Waals surface area contributed by atoms with Crippen LogP contribution in [0.15, 0.2) is 22.7 Å². The van der Waals surface area contributed by atoms with Crippen LogP contribution in [0.1, 0.15) is 6.42 Å². The summed E-state index contributed by atoms with van der Waals surface area (Å²) >= 11 is 3.41. The van der Waals surface area contributed by atoms with Crippen LogP contribution >= 0.6 is 15.9 Å². The molecule has 1 heterocycles. The number of carboxylic acids is 1. The van der Waals surface area contributed by atoms with Gasteiger partial charge in [-0.3, -0.25) is 9.59 Å². The van der Waals surface area contributed by atoms with Gasteiger partial charge in [0.05, 0.1) is 17.8 Å². The molecule has 5 nitrogen and oxygen atoms in total. The molecule has 0 aliphatic carbocycles. The first-order chi connectivity index (χ1) is 8.43. The molecule has 6 heteroatoms. The quantitative estimate of drug-likeness (QED) is 0.903. The van der Waals surface area contributed by atoms with Crippen LogP contribution in [-0.4, -0.2) is 37.1 Å². The number of benzene rings is 1. The van der Waals surface area contributed by atoms with Crippen molar-refractivity contribution in [3.63, 3.8) is 0 Å². The number of nitrogens with zero attached hydrogens (tertiary/aromatic N) is 2. The molecule has 0 spiro atoms. The average molecular weight is 313 g/mol. The second-order valence-corrected chi connectivity index (χ2v) is 5.08. The standard InChI is InChI=1S/C12H13BrN2O3/c1-14-8-5-3-4-7(13)11(8)15(2)12(18)9(14)6-10(16)17/h3-5,9H,6H2,1-2H3,(H,16,17). The topological polar surface area (TPSA) is 60.9 Å². The number of likely N-dealkylation sites (N-methyl/N-ethyl adjacent to an activating group) is 2. The number of aliphatic carboxylic acids is 1. The molecule has 1 atom stereocenters. The van der Waals surface area contributed by atoms with E-state index in [0.29, 0.717) is 0 Å². The average Bonchev–Trinajstić information content (AvgIpc) is 2.31. The Morgan fingerprint density at radius 3 is 2.72 bits per heavy atom. The number of hydrogen-bond acceptors (Lipinski definition) is 3. The Labute approximate surface area is 113 Å². The molecular formula is C12H13BrN2O3. The molecule has 0 fully saturated rings. The highest BCUT2D eigenvalue weighted by molar-refractivity contribution is 9.10. The van der Waals surface area contributed by atoms with Crippen LogP contribution in [0.2, 0.25) is 0 Å². The fourth-order valence-electron chi connectivity index (χ4n) is 2.18. The lowest BCUT2D eigenvalue weighted by Crippen LogP contribution is -2.51. The Hall–Kier alpha value is -1.56. The fourth-order valence-corrected chi connectivity index (χ4v) is 2.80. The summed E-state index contributed by atoms with van der Waals surface area (Å²) in [7, 11) is 3.40. The van der Waals surface area contributed by atoms with Crippen LogP contribution in [0.25, 0.3) is 0 Å². The summed E-state index contributed by atoms with van der Waals surface area (Å²) in [5.41, 5.74) is 1.62. The molecule has 96 valence electrons. The molecule has 18 heavy (non-hydrogen) atoms. The Morgan fingerprint density at radius 1 is 1.44 bits per heavy atom. The molecule has 0 saturated heterocycles. The zero-order chi connectivity index (χ0) is 13.4. The predicted molar refractivity (Wildman–Crippen MR) is 72.0 cm³/mol. The Balaban J connectivity index is 2.50. The van der Waals surface area contributed by atoms with Crippen LogP contribution in [0.5, 0.6) is 0 Å². The van der Waals surface area contributed by atoms with E-state index in [1.54, 1.807) is 19.0 Å². The number of para-hydroxylation sites is 1. The van der Waals surface area contributed by atoms with Crippen molar-refractivity contribution in [3.8, 4) is 0 Å². The van der Waals surface area contributed by atoms with Crippen molar-refractivity contribution >= 4 is 39.2 Å². The van der Waals surface area contributed by atoms with Gasteiger partial charge in [-0.1, -0.05) is 6.07 Å². The summed E-state index contributed by atoms with van der Waals surface area (Å²) in [6.45, 7) is 0. The molecule has 1 aliphatic rings. The van der Waals surface area contributed by atoms with E-state index in [1.165, 1.54) is 4.90 Å². The van der Waals surface area contributed by atoms with Crippen LogP contribution in [0, 0.1) is 0 Å².